The number of hydrogen-bond donors (Lipinski definition) is 2. The highest BCUT2D eigenvalue weighted by Gasteiger charge is 2.15. The molecular weight excluding hydrogens is 368 g/mol. The van der Waals surface area contributed by atoms with Crippen LogP contribution in [-0.2, 0) is 10.0 Å². The summed E-state index contributed by atoms with van der Waals surface area (Å²) in [5.41, 5.74) is 0.731. The molecule has 2 N–H and O–H groups in total. The van der Waals surface area contributed by atoms with Crippen LogP contribution >= 0.6 is 22.9 Å². The van der Waals surface area contributed by atoms with Gasteiger partial charge in [0.15, 0.2) is 0 Å². The number of aromatic nitrogens is 2. The minimum absolute atomic E-state index is 0.248. The standard InChI is InChI=1S/C15H15ClN4O2S2/c1-10-2-5-14(23-10)24(21,22)20-7-6-17-15-12-4-3-11(16)8-13(12)18-9-19-15/h2-5,8-9,20H,6-7H2,1H3,(H,17,18,19). The van der Waals surface area contributed by atoms with Crippen molar-refractivity contribution in [3.8, 4) is 0 Å². The van der Waals surface area contributed by atoms with Crippen molar-refractivity contribution in [3.05, 3.63) is 46.6 Å². The van der Waals surface area contributed by atoms with E-state index in [4.69, 9.17) is 11.6 Å². The third kappa shape index (κ3) is 3.84. The Hall–Kier alpha value is -1.74. The second kappa shape index (κ2) is 7.02. The van der Waals surface area contributed by atoms with Crippen molar-refractivity contribution >= 4 is 49.7 Å². The lowest BCUT2D eigenvalue weighted by Crippen LogP contribution is -2.28. The van der Waals surface area contributed by atoms with Crippen molar-refractivity contribution < 1.29 is 8.42 Å². The number of halogens is 1. The second-order valence-corrected chi connectivity index (χ2v) is 8.79. The second-order valence-electron chi connectivity index (χ2n) is 5.07. The molecule has 3 aromatic rings. The molecule has 0 aliphatic carbocycles. The fraction of sp³-hybridized carbons (Fsp3) is 0.200. The van der Waals surface area contributed by atoms with Crippen molar-refractivity contribution in [1.82, 2.24) is 14.7 Å². The molecule has 0 aliphatic heterocycles. The molecule has 0 unspecified atom stereocenters. The number of hydrogen-bond acceptors (Lipinski definition) is 6. The summed E-state index contributed by atoms with van der Waals surface area (Å²) in [5, 5.41) is 4.55. The van der Waals surface area contributed by atoms with E-state index in [0.29, 0.717) is 21.6 Å². The zero-order valence-corrected chi connectivity index (χ0v) is 15.2. The Morgan fingerprint density at radius 2 is 2.00 bits per heavy atom. The van der Waals surface area contributed by atoms with Gasteiger partial charge in [-0.25, -0.2) is 23.1 Å². The number of thiophene rings is 1. The van der Waals surface area contributed by atoms with Gasteiger partial charge < -0.3 is 5.32 Å². The molecule has 6 nitrogen and oxygen atoms in total. The predicted molar refractivity (Wildman–Crippen MR) is 97.3 cm³/mol. The summed E-state index contributed by atoms with van der Waals surface area (Å²) >= 11 is 7.20. The summed E-state index contributed by atoms with van der Waals surface area (Å²) in [4.78, 5) is 9.32. The lowest BCUT2D eigenvalue weighted by molar-refractivity contribution is 0.585. The summed E-state index contributed by atoms with van der Waals surface area (Å²) in [6.07, 6.45) is 1.44. The van der Waals surface area contributed by atoms with Crippen molar-refractivity contribution in [2.75, 3.05) is 18.4 Å². The summed E-state index contributed by atoms with van der Waals surface area (Å²) in [6.45, 7) is 2.52. The minimum atomic E-state index is -3.46. The average Bonchev–Trinajstić information content (AvgIpc) is 2.99. The maximum atomic E-state index is 12.1. The van der Waals surface area contributed by atoms with Gasteiger partial charge in [-0.2, -0.15) is 0 Å². The fourth-order valence-corrected chi connectivity index (χ4v) is 4.69. The lowest BCUT2D eigenvalue weighted by atomic mass is 10.2. The Morgan fingerprint density at radius 1 is 1.17 bits per heavy atom. The van der Waals surface area contributed by atoms with Gasteiger partial charge in [0.25, 0.3) is 0 Å². The van der Waals surface area contributed by atoms with Crippen LogP contribution in [0.1, 0.15) is 4.88 Å². The van der Waals surface area contributed by atoms with Gasteiger partial charge in [-0.1, -0.05) is 11.6 Å². The van der Waals surface area contributed by atoms with Crippen molar-refractivity contribution in [2.24, 2.45) is 0 Å². The normalized spacial score (nSPS) is 11.8. The van der Waals surface area contributed by atoms with Gasteiger partial charge in [0.2, 0.25) is 10.0 Å². The van der Waals surface area contributed by atoms with Crippen molar-refractivity contribution in [1.29, 1.82) is 0 Å². The van der Waals surface area contributed by atoms with Gasteiger partial charge in [0.05, 0.1) is 5.52 Å². The van der Waals surface area contributed by atoms with E-state index in [1.54, 1.807) is 24.3 Å². The molecule has 0 radical (unpaired) electrons. The molecule has 2 aromatic heterocycles. The first-order chi connectivity index (χ1) is 11.5. The van der Waals surface area contributed by atoms with Gasteiger partial charge >= 0.3 is 0 Å². The molecule has 0 saturated heterocycles. The number of aryl methyl sites for hydroxylation is 1. The smallest absolute Gasteiger partial charge is 0.250 e. The van der Waals surface area contributed by atoms with E-state index in [-0.39, 0.29) is 6.54 Å². The first-order valence-corrected chi connectivity index (χ1v) is 9.84. The zero-order chi connectivity index (χ0) is 17.2. The highest BCUT2D eigenvalue weighted by atomic mass is 35.5. The zero-order valence-electron chi connectivity index (χ0n) is 12.8. The molecule has 24 heavy (non-hydrogen) atoms. The van der Waals surface area contributed by atoms with Gasteiger partial charge in [-0.05, 0) is 37.3 Å². The Labute approximate surface area is 149 Å². The van der Waals surface area contributed by atoms with Crippen LogP contribution in [0.4, 0.5) is 5.82 Å². The van der Waals surface area contributed by atoms with E-state index in [2.05, 4.69) is 20.0 Å². The molecule has 0 spiro atoms. The lowest BCUT2D eigenvalue weighted by Gasteiger charge is -2.09. The first kappa shape index (κ1) is 17.1. The van der Waals surface area contributed by atoms with Crippen LogP contribution in [0.2, 0.25) is 5.02 Å². The van der Waals surface area contributed by atoms with Crippen LogP contribution in [0.3, 0.4) is 0 Å². The molecule has 0 saturated carbocycles. The number of rotatable bonds is 6. The number of fused-ring (bicyclic) bond motifs is 1. The van der Waals surface area contributed by atoms with Crippen LogP contribution in [0.5, 0.6) is 0 Å². The Balaban J connectivity index is 1.63. The average molecular weight is 383 g/mol. The van der Waals surface area contributed by atoms with Crippen molar-refractivity contribution in [2.45, 2.75) is 11.1 Å². The Kier molecular flexibility index (Phi) is 5.00. The summed E-state index contributed by atoms with van der Waals surface area (Å²) in [7, 11) is -3.46. The Morgan fingerprint density at radius 3 is 2.75 bits per heavy atom. The van der Waals surface area contributed by atoms with Crippen LogP contribution in [-0.4, -0.2) is 31.5 Å². The molecule has 0 fully saturated rings. The molecule has 1 aromatic carbocycles. The number of anilines is 1. The monoisotopic (exact) mass is 382 g/mol. The number of benzene rings is 1. The fourth-order valence-electron chi connectivity index (χ4n) is 2.17. The molecule has 126 valence electrons. The molecular formula is C15H15ClN4O2S2. The van der Waals surface area contributed by atoms with E-state index in [1.165, 1.54) is 17.7 Å². The SMILES string of the molecule is Cc1ccc(S(=O)(=O)NCCNc2ncnc3cc(Cl)ccc23)s1. The van der Waals surface area contributed by atoms with E-state index >= 15 is 0 Å². The van der Waals surface area contributed by atoms with Gasteiger partial charge in [-0.15, -0.1) is 11.3 Å². The minimum Gasteiger partial charge on any atom is -0.368 e. The third-order valence-corrected chi connectivity index (χ3v) is 6.48. The van der Waals surface area contributed by atoms with Crippen LogP contribution in [0.25, 0.3) is 10.9 Å². The van der Waals surface area contributed by atoms with Crippen LogP contribution in [0.15, 0.2) is 40.9 Å². The largest absolute Gasteiger partial charge is 0.368 e. The molecule has 3 rings (SSSR count). The third-order valence-electron chi connectivity index (χ3n) is 3.29. The topological polar surface area (TPSA) is 84.0 Å². The van der Waals surface area contributed by atoms with E-state index in [0.717, 1.165) is 15.8 Å². The summed E-state index contributed by atoms with van der Waals surface area (Å²) < 4.78 is 27.2. The predicted octanol–water partition coefficient (Wildman–Crippen LogP) is 3.04. The molecule has 0 aliphatic rings. The van der Waals surface area contributed by atoms with Crippen LogP contribution in [0, 0.1) is 6.92 Å². The maximum Gasteiger partial charge on any atom is 0.250 e. The highest BCUT2D eigenvalue weighted by Crippen LogP contribution is 2.22. The molecule has 0 bridgehead atoms. The number of nitrogens with one attached hydrogen (secondary N) is 2. The maximum absolute atomic E-state index is 12.1. The summed E-state index contributed by atoms with van der Waals surface area (Å²) in [6, 6.07) is 8.75. The molecule has 0 amide bonds. The van der Waals surface area contributed by atoms with E-state index in [1.807, 2.05) is 13.0 Å². The Bertz CT molecular complexity index is 973. The van der Waals surface area contributed by atoms with Gasteiger partial charge in [0.1, 0.15) is 16.4 Å². The van der Waals surface area contributed by atoms with Crippen LogP contribution < -0.4 is 10.0 Å². The quantitative estimate of drug-likeness (QED) is 0.640. The summed E-state index contributed by atoms with van der Waals surface area (Å²) in [5.74, 6) is 0.642. The first-order valence-electron chi connectivity index (χ1n) is 7.16. The highest BCUT2D eigenvalue weighted by molar-refractivity contribution is 7.91. The van der Waals surface area contributed by atoms with E-state index in [9.17, 15) is 8.42 Å². The van der Waals surface area contributed by atoms with Crippen molar-refractivity contribution in [3.63, 3.8) is 0 Å². The number of sulfonamides is 1. The van der Waals surface area contributed by atoms with Gasteiger partial charge in [-0.3, -0.25) is 0 Å². The number of nitrogens with zero attached hydrogens (tertiary/aromatic N) is 2. The molecule has 9 heteroatoms. The van der Waals surface area contributed by atoms with E-state index < -0.39 is 10.0 Å². The molecule has 2 heterocycles. The van der Waals surface area contributed by atoms with Gasteiger partial charge in [0, 0.05) is 28.4 Å². The molecule has 0 atom stereocenters.